The lowest BCUT2D eigenvalue weighted by Gasteiger charge is -2.18. The molecule has 0 aliphatic rings. The Morgan fingerprint density at radius 3 is 2.55 bits per heavy atom. The van der Waals surface area contributed by atoms with Crippen molar-refractivity contribution in [3.8, 4) is 5.69 Å². The van der Waals surface area contributed by atoms with Gasteiger partial charge in [-0.3, -0.25) is 9.59 Å². The van der Waals surface area contributed by atoms with Gasteiger partial charge in [0, 0.05) is 6.54 Å². The summed E-state index contributed by atoms with van der Waals surface area (Å²) >= 11 is 0. The van der Waals surface area contributed by atoms with E-state index in [-0.39, 0.29) is 18.1 Å². The van der Waals surface area contributed by atoms with E-state index in [2.05, 4.69) is 15.5 Å². The predicted molar refractivity (Wildman–Crippen MR) is 75.1 cm³/mol. The van der Waals surface area contributed by atoms with Gasteiger partial charge in [-0.15, -0.1) is 5.10 Å². The van der Waals surface area contributed by atoms with Crippen LogP contribution in [0.25, 0.3) is 5.69 Å². The summed E-state index contributed by atoms with van der Waals surface area (Å²) in [6.45, 7) is 2.97. The van der Waals surface area contributed by atoms with E-state index in [1.165, 1.54) is 49.1 Å². The van der Waals surface area contributed by atoms with Gasteiger partial charge in [-0.1, -0.05) is 0 Å². The second-order valence-corrected chi connectivity index (χ2v) is 5.37. The average Bonchev–Trinajstić information content (AvgIpc) is 2.95. The van der Waals surface area contributed by atoms with Crippen LogP contribution in [0.4, 0.5) is 4.39 Å². The molecular weight excluding hydrogens is 291 g/mol. The molecule has 7 nitrogen and oxygen atoms in total. The van der Waals surface area contributed by atoms with Gasteiger partial charge in [0.25, 0.3) is 5.91 Å². The topological polar surface area (TPSA) is 97.1 Å². The summed E-state index contributed by atoms with van der Waals surface area (Å²) in [7, 11) is 0. The highest BCUT2D eigenvalue weighted by Gasteiger charge is 2.28. The Balaban J connectivity index is 2.06. The summed E-state index contributed by atoms with van der Waals surface area (Å²) in [6.07, 6.45) is 1.26. The smallest absolute Gasteiger partial charge is 0.310 e. The monoisotopic (exact) mass is 306 g/mol. The van der Waals surface area contributed by atoms with Crippen LogP contribution in [0.1, 0.15) is 24.3 Å². The molecule has 0 radical (unpaired) electrons. The molecule has 8 heteroatoms. The maximum Gasteiger partial charge on any atom is 0.310 e. The Kier molecular flexibility index (Phi) is 4.20. The normalized spacial score (nSPS) is 11.2. The maximum atomic E-state index is 12.9. The van der Waals surface area contributed by atoms with Gasteiger partial charge < -0.3 is 10.4 Å². The number of nitrogens with zero attached hydrogens (tertiary/aromatic N) is 3. The first-order valence-corrected chi connectivity index (χ1v) is 6.49. The van der Waals surface area contributed by atoms with E-state index in [0.717, 1.165) is 0 Å². The fourth-order valence-corrected chi connectivity index (χ4v) is 1.53. The number of aliphatic carboxylic acids is 1. The second kappa shape index (κ2) is 5.92. The number of aromatic nitrogens is 3. The average molecular weight is 306 g/mol. The predicted octanol–water partition coefficient (Wildman–Crippen LogP) is 1.25. The van der Waals surface area contributed by atoms with Crippen LogP contribution in [0.3, 0.4) is 0 Å². The minimum Gasteiger partial charge on any atom is -0.481 e. The highest BCUT2D eigenvalue weighted by molar-refractivity contribution is 5.92. The van der Waals surface area contributed by atoms with E-state index in [1.807, 2.05) is 0 Å². The van der Waals surface area contributed by atoms with Gasteiger partial charge in [0.05, 0.1) is 17.3 Å². The van der Waals surface area contributed by atoms with E-state index in [9.17, 15) is 14.0 Å². The fraction of sp³-hybridized carbons (Fsp3) is 0.286. The van der Waals surface area contributed by atoms with Crippen LogP contribution in [0.5, 0.6) is 0 Å². The molecule has 0 saturated heterocycles. The molecule has 1 amide bonds. The number of carboxylic acid groups (broad SMARTS) is 1. The molecule has 2 N–H and O–H groups in total. The number of benzene rings is 1. The highest BCUT2D eigenvalue weighted by atomic mass is 19.1. The number of hydrogen-bond donors (Lipinski definition) is 2. The Hall–Kier alpha value is -2.77. The number of amides is 1. The molecule has 116 valence electrons. The van der Waals surface area contributed by atoms with Gasteiger partial charge >= 0.3 is 5.97 Å². The van der Waals surface area contributed by atoms with Crippen molar-refractivity contribution in [1.82, 2.24) is 20.3 Å². The van der Waals surface area contributed by atoms with Crippen molar-refractivity contribution in [2.75, 3.05) is 6.54 Å². The molecule has 22 heavy (non-hydrogen) atoms. The Morgan fingerprint density at radius 2 is 1.95 bits per heavy atom. The van der Waals surface area contributed by atoms with E-state index in [0.29, 0.717) is 5.69 Å². The first-order valence-electron chi connectivity index (χ1n) is 6.49. The molecule has 1 aromatic carbocycles. The van der Waals surface area contributed by atoms with Gasteiger partial charge in [-0.25, -0.2) is 4.39 Å². The Labute approximate surface area is 125 Å². The van der Waals surface area contributed by atoms with Gasteiger partial charge in [0.1, 0.15) is 5.82 Å². The molecule has 2 rings (SSSR count). The molecule has 1 heterocycles. The lowest BCUT2D eigenvalue weighted by Crippen LogP contribution is -2.39. The van der Waals surface area contributed by atoms with Crippen molar-refractivity contribution in [3.05, 3.63) is 42.0 Å². The van der Waals surface area contributed by atoms with Crippen molar-refractivity contribution < 1.29 is 19.1 Å². The van der Waals surface area contributed by atoms with Crippen molar-refractivity contribution in [2.24, 2.45) is 5.41 Å². The minimum atomic E-state index is -1.08. The third-order valence-corrected chi connectivity index (χ3v) is 3.05. The lowest BCUT2D eigenvalue weighted by atomic mass is 9.94. The summed E-state index contributed by atoms with van der Waals surface area (Å²) in [5.74, 6) is -1.92. The van der Waals surface area contributed by atoms with Crippen molar-refractivity contribution >= 4 is 11.9 Å². The van der Waals surface area contributed by atoms with E-state index in [1.54, 1.807) is 0 Å². The van der Waals surface area contributed by atoms with Gasteiger partial charge in [0.15, 0.2) is 5.69 Å². The van der Waals surface area contributed by atoms with E-state index < -0.39 is 17.3 Å². The third kappa shape index (κ3) is 3.46. The van der Waals surface area contributed by atoms with Gasteiger partial charge in [-0.05, 0) is 38.1 Å². The Morgan fingerprint density at radius 1 is 1.32 bits per heavy atom. The standard InChI is InChI=1S/C14H15FN4O3/c1-14(2,13(21)22)8-16-12(20)11-7-17-19(18-11)10-5-3-9(15)4-6-10/h3-7H,8H2,1-2H3,(H,16,20)(H,21,22). The summed E-state index contributed by atoms with van der Waals surface area (Å²) in [5, 5.41) is 19.4. The molecule has 0 bridgehead atoms. The number of hydrogen-bond acceptors (Lipinski definition) is 4. The third-order valence-electron chi connectivity index (χ3n) is 3.05. The van der Waals surface area contributed by atoms with Crippen LogP contribution in [0.2, 0.25) is 0 Å². The fourth-order valence-electron chi connectivity index (χ4n) is 1.53. The zero-order valence-corrected chi connectivity index (χ0v) is 12.1. The SMILES string of the molecule is CC(C)(CNC(=O)c1cnn(-c2ccc(F)cc2)n1)C(=O)O. The van der Waals surface area contributed by atoms with Crippen LogP contribution >= 0.6 is 0 Å². The van der Waals surface area contributed by atoms with Gasteiger partial charge in [-0.2, -0.15) is 9.90 Å². The number of carbonyl (C=O) groups excluding carboxylic acids is 1. The largest absolute Gasteiger partial charge is 0.481 e. The highest BCUT2D eigenvalue weighted by Crippen LogP contribution is 2.13. The summed E-state index contributed by atoms with van der Waals surface area (Å²) < 4.78 is 12.9. The molecule has 0 unspecified atom stereocenters. The maximum absolute atomic E-state index is 12.9. The molecule has 0 atom stereocenters. The zero-order chi connectivity index (χ0) is 16.3. The van der Waals surface area contributed by atoms with E-state index >= 15 is 0 Å². The number of carbonyl (C=O) groups is 2. The molecule has 0 saturated carbocycles. The molecule has 1 aromatic heterocycles. The lowest BCUT2D eigenvalue weighted by molar-refractivity contribution is -0.146. The second-order valence-electron chi connectivity index (χ2n) is 5.37. The molecule has 0 fully saturated rings. The zero-order valence-electron chi connectivity index (χ0n) is 12.1. The van der Waals surface area contributed by atoms with Crippen LogP contribution in [-0.2, 0) is 4.79 Å². The number of nitrogens with one attached hydrogen (secondary N) is 1. The number of carboxylic acids is 1. The van der Waals surface area contributed by atoms with Crippen LogP contribution in [0, 0.1) is 11.2 Å². The molecule has 0 aliphatic heterocycles. The van der Waals surface area contributed by atoms with Crippen LogP contribution < -0.4 is 5.32 Å². The summed E-state index contributed by atoms with van der Waals surface area (Å²) in [5.41, 5.74) is -0.528. The molecule has 0 spiro atoms. The van der Waals surface area contributed by atoms with Crippen LogP contribution in [0.15, 0.2) is 30.5 Å². The molecule has 2 aromatic rings. The first-order chi connectivity index (χ1) is 10.3. The van der Waals surface area contributed by atoms with Crippen molar-refractivity contribution in [2.45, 2.75) is 13.8 Å². The minimum absolute atomic E-state index is 0.0371. The number of rotatable bonds is 5. The van der Waals surface area contributed by atoms with Crippen molar-refractivity contribution in [1.29, 1.82) is 0 Å². The quantitative estimate of drug-likeness (QED) is 0.866. The van der Waals surface area contributed by atoms with Crippen molar-refractivity contribution in [3.63, 3.8) is 0 Å². The summed E-state index contributed by atoms with van der Waals surface area (Å²) in [6, 6.07) is 5.47. The number of halogens is 1. The first kappa shape index (κ1) is 15.6. The summed E-state index contributed by atoms with van der Waals surface area (Å²) in [4.78, 5) is 24.1. The van der Waals surface area contributed by atoms with Gasteiger partial charge in [0.2, 0.25) is 0 Å². The van der Waals surface area contributed by atoms with Crippen LogP contribution in [-0.4, -0.2) is 38.5 Å². The van der Waals surface area contributed by atoms with E-state index in [4.69, 9.17) is 5.11 Å². The molecule has 0 aliphatic carbocycles. The molecular formula is C14H15FN4O3. The Bertz CT molecular complexity index is 694.